The zero-order valence-electron chi connectivity index (χ0n) is 32.3. The Hall–Kier alpha value is -5.36. The summed E-state index contributed by atoms with van der Waals surface area (Å²) in [6, 6.07) is 24.1. The van der Waals surface area contributed by atoms with Crippen molar-refractivity contribution in [2.45, 2.75) is 84.1 Å². The molecule has 0 aliphatic carbocycles. The molecule has 1 saturated heterocycles. The summed E-state index contributed by atoms with van der Waals surface area (Å²) in [6.45, 7) is 10.9. The first kappa shape index (κ1) is 38.4. The van der Waals surface area contributed by atoms with Gasteiger partial charge in [-0.2, -0.15) is 4.98 Å². The molecule has 1 amide bonds. The number of ether oxygens (including phenoxy) is 3. The molecular formula is C42H53N7O5. The number of unbranched alkanes of at least 4 members (excludes halogenated alkanes) is 1. The minimum absolute atomic E-state index is 0.257. The van der Waals surface area contributed by atoms with Crippen LogP contribution < -0.4 is 19.7 Å². The zero-order valence-corrected chi connectivity index (χ0v) is 32.3. The van der Waals surface area contributed by atoms with E-state index in [1.54, 1.807) is 29.8 Å². The number of piperidine rings is 1. The van der Waals surface area contributed by atoms with Crippen molar-refractivity contribution < 1.29 is 24.1 Å². The van der Waals surface area contributed by atoms with E-state index in [4.69, 9.17) is 29.3 Å². The predicted octanol–water partition coefficient (Wildman–Crippen LogP) is 7.76. The molecule has 286 valence electrons. The fourth-order valence-corrected chi connectivity index (χ4v) is 6.69. The van der Waals surface area contributed by atoms with Gasteiger partial charge in [0.2, 0.25) is 5.95 Å². The summed E-state index contributed by atoms with van der Waals surface area (Å²) in [5.74, 6) is 2.99. The van der Waals surface area contributed by atoms with Gasteiger partial charge in [0, 0.05) is 32.7 Å². The Labute approximate surface area is 318 Å². The van der Waals surface area contributed by atoms with Gasteiger partial charge in [-0.3, -0.25) is 0 Å². The summed E-state index contributed by atoms with van der Waals surface area (Å²) < 4.78 is 18.1. The number of methoxy groups -OCH3 is 2. The molecule has 1 fully saturated rings. The third kappa shape index (κ3) is 9.40. The number of likely N-dealkylation sites (tertiary alicyclic amines) is 1. The van der Waals surface area contributed by atoms with Crippen LogP contribution in [-0.4, -0.2) is 75.1 Å². The molecule has 1 unspecified atom stereocenters. The first-order valence-electron chi connectivity index (χ1n) is 18.8. The second kappa shape index (κ2) is 17.2. The molecule has 1 aliphatic rings. The molecule has 1 atom stereocenters. The van der Waals surface area contributed by atoms with Crippen LogP contribution in [0.15, 0.2) is 79.0 Å². The summed E-state index contributed by atoms with van der Waals surface area (Å²) in [7, 11) is 3.32. The number of aliphatic hydroxyl groups excluding tert-OH is 1. The highest BCUT2D eigenvalue weighted by atomic mass is 16.6. The number of benzene rings is 3. The Bertz CT molecular complexity index is 1920. The second-order valence-corrected chi connectivity index (χ2v) is 14.8. The fraction of sp³-hybridized carbons (Fsp3) is 0.429. The molecule has 2 aromatic heterocycles. The Kier molecular flexibility index (Phi) is 12.2. The molecule has 5 aromatic rings. The van der Waals surface area contributed by atoms with Crippen LogP contribution in [0.5, 0.6) is 11.5 Å². The normalized spacial score (nSPS) is 14.2. The van der Waals surface area contributed by atoms with Crippen molar-refractivity contribution in [1.29, 1.82) is 0 Å². The van der Waals surface area contributed by atoms with Crippen LogP contribution in [0.25, 0.3) is 5.65 Å². The van der Waals surface area contributed by atoms with Gasteiger partial charge >= 0.3 is 6.09 Å². The molecule has 12 heteroatoms. The van der Waals surface area contributed by atoms with Gasteiger partial charge in [-0.05, 0) is 92.5 Å². The highest BCUT2D eigenvalue weighted by Crippen LogP contribution is 2.32. The standard InChI is InChI=1S/C42H53N7O5/c1-7-8-23-43-40-45-39(48(27-29-9-17-34(52-5)18-10-29)28-30-11-19-35(53-6)20-12-30)38-44-26-36(49(38)46-40)37(50)33-15-13-31(14-16-33)32-21-24-47(25-22-32)41(51)54-42(2,3)4/h9-20,26,32,37,50H,7-8,21-25,27-28H2,1-6H3,(H,43,46). The number of hydrogen-bond acceptors (Lipinski definition) is 10. The Balaban J connectivity index is 1.29. The van der Waals surface area contributed by atoms with Crippen molar-refractivity contribution in [3.63, 3.8) is 0 Å². The minimum atomic E-state index is -0.981. The molecule has 54 heavy (non-hydrogen) atoms. The van der Waals surface area contributed by atoms with E-state index in [1.165, 1.54) is 5.56 Å². The number of carbonyl (C=O) groups excluding carboxylic acids is 1. The molecule has 3 aromatic carbocycles. The van der Waals surface area contributed by atoms with Crippen LogP contribution in [0.4, 0.5) is 16.6 Å². The van der Waals surface area contributed by atoms with E-state index in [0.29, 0.717) is 61.7 Å². The monoisotopic (exact) mass is 735 g/mol. The summed E-state index contributed by atoms with van der Waals surface area (Å²) in [6.07, 6.45) is 4.14. The van der Waals surface area contributed by atoms with Gasteiger partial charge in [-0.15, -0.1) is 5.10 Å². The van der Waals surface area contributed by atoms with E-state index in [2.05, 4.69) is 29.3 Å². The van der Waals surface area contributed by atoms with Crippen molar-refractivity contribution in [2.75, 3.05) is 44.1 Å². The highest BCUT2D eigenvalue weighted by Gasteiger charge is 2.28. The van der Waals surface area contributed by atoms with Crippen LogP contribution in [0.2, 0.25) is 0 Å². The smallest absolute Gasteiger partial charge is 0.410 e. The van der Waals surface area contributed by atoms with E-state index in [0.717, 1.165) is 53.9 Å². The average Bonchev–Trinajstić information content (AvgIpc) is 3.61. The van der Waals surface area contributed by atoms with Crippen LogP contribution in [0.1, 0.15) is 93.3 Å². The summed E-state index contributed by atoms with van der Waals surface area (Å²) >= 11 is 0. The number of fused-ring (bicyclic) bond motifs is 1. The van der Waals surface area contributed by atoms with E-state index in [9.17, 15) is 9.90 Å². The van der Waals surface area contributed by atoms with Gasteiger partial charge in [0.15, 0.2) is 11.5 Å². The minimum Gasteiger partial charge on any atom is -0.497 e. The molecule has 12 nitrogen and oxygen atoms in total. The second-order valence-electron chi connectivity index (χ2n) is 14.8. The molecule has 0 spiro atoms. The Morgan fingerprint density at radius 3 is 2.06 bits per heavy atom. The molecule has 2 N–H and O–H groups in total. The number of hydrogen-bond donors (Lipinski definition) is 2. The number of imidazole rings is 1. The zero-order chi connectivity index (χ0) is 38.2. The number of amides is 1. The third-order valence-electron chi connectivity index (χ3n) is 9.70. The van der Waals surface area contributed by atoms with Crippen molar-refractivity contribution in [1.82, 2.24) is 24.5 Å². The lowest BCUT2D eigenvalue weighted by atomic mass is 9.88. The van der Waals surface area contributed by atoms with E-state index in [1.807, 2.05) is 81.4 Å². The number of nitrogens with one attached hydrogen (secondary N) is 1. The molecule has 0 bridgehead atoms. The van der Waals surface area contributed by atoms with Gasteiger partial charge in [0.25, 0.3) is 0 Å². The van der Waals surface area contributed by atoms with Gasteiger partial charge in [-0.1, -0.05) is 61.9 Å². The Morgan fingerprint density at radius 1 is 0.926 bits per heavy atom. The molecule has 6 rings (SSSR count). The summed E-state index contributed by atoms with van der Waals surface area (Å²) in [4.78, 5) is 26.4. The SMILES string of the molecule is CCCCNc1nc(N(Cc2ccc(OC)cc2)Cc2ccc(OC)cc2)c2ncc(C(O)c3ccc(C4CCN(C(=O)OC(C)(C)C)CC4)cc3)n2n1. The summed E-state index contributed by atoms with van der Waals surface area (Å²) in [5.41, 5.74) is 4.64. The third-order valence-corrected chi connectivity index (χ3v) is 9.70. The number of carbonyl (C=O) groups is 1. The van der Waals surface area contributed by atoms with Crippen molar-refractivity contribution in [2.24, 2.45) is 0 Å². The van der Waals surface area contributed by atoms with E-state index >= 15 is 0 Å². The van der Waals surface area contributed by atoms with E-state index in [-0.39, 0.29) is 6.09 Å². The van der Waals surface area contributed by atoms with Crippen LogP contribution >= 0.6 is 0 Å². The lowest BCUT2D eigenvalue weighted by molar-refractivity contribution is 0.0204. The van der Waals surface area contributed by atoms with Crippen molar-refractivity contribution in [3.05, 3.63) is 107 Å². The van der Waals surface area contributed by atoms with Crippen LogP contribution in [0, 0.1) is 0 Å². The van der Waals surface area contributed by atoms with Crippen LogP contribution in [0.3, 0.4) is 0 Å². The molecule has 0 radical (unpaired) electrons. The number of aliphatic hydroxyl groups is 1. The fourth-order valence-electron chi connectivity index (χ4n) is 6.69. The topological polar surface area (TPSA) is 127 Å². The number of rotatable bonds is 14. The first-order valence-corrected chi connectivity index (χ1v) is 18.8. The summed E-state index contributed by atoms with van der Waals surface area (Å²) in [5, 5.41) is 20.1. The maximum atomic E-state index is 12.6. The van der Waals surface area contributed by atoms with Gasteiger partial charge in [0.1, 0.15) is 23.2 Å². The van der Waals surface area contributed by atoms with Crippen LogP contribution in [-0.2, 0) is 17.8 Å². The van der Waals surface area contributed by atoms with Crippen molar-refractivity contribution in [3.8, 4) is 11.5 Å². The van der Waals surface area contributed by atoms with Gasteiger partial charge < -0.3 is 34.4 Å². The molecular weight excluding hydrogens is 683 g/mol. The lowest BCUT2D eigenvalue weighted by Crippen LogP contribution is -2.41. The highest BCUT2D eigenvalue weighted by molar-refractivity contribution is 5.68. The first-order chi connectivity index (χ1) is 26.0. The predicted molar refractivity (Wildman–Crippen MR) is 210 cm³/mol. The quantitative estimate of drug-likeness (QED) is 0.109. The average molecular weight is 736 g/mol. The molecule has 0 saturated carbocycles. The Morgan fingerprint density at radius 2 is 1.52 bits per heavy atom. The van der Waals surface area contributed by atoms with Gasteiger partial charge in [0.05, 0.1) is 26.1 Å². The lowest BCUT2D eigenvalue weighted by Gasteiger charge is -2.33. The maximum absolute atomic E-state index is 12.6. The number of anilines is 2. The molecule has 3 heterocycles. The van der Waals surface area contributed by atoms with Crippen molar-refractivity contribution >= 4 is 23.5 Å². The number of nitrogens with zero attached hydrogens (tertiary/aromatic N) is 6. The number of aromatic nitrogens is 4. The molecule has 1 aliphatic heterocycles. The largest absolute Gasteiger partial charge is 0.497 e. The van der Waals surface area contributed by atoms with E-state index < -0.39 is 11.7 Å². The van der Waals surface area contributed by atoms with Gasteiger partial charge in [-0.25, -0.2) is 14.3 Å². The maximum Gasteiger partial charge on any atom is 0.410 e.